The zero-order valence-electron chi connectivity index (χ0n) is 15.5. The third-order valence-corrected chi connectivity index (χ3v) is 3.78. The molecule has 0 radical (unpaired) electrons. The molecule has 0 atom stereocenters. The number of nitro benzene ring substituents is 1. The predicted molar refractivity (Wildman–Crippen MR) is 107 cm³/mol. The Hall–Kier alpha value is -4.53. The van der Waals surface area contributed by atoms with Gasteiger partial charge < -0.3 is 15.7 Å². The minimum atomic E-state index is -1.91. The second kappa shape index (κ2) is 10.3. The van der Waals surface area contributed by atoms with Crippen LogP contribution in [0.1, 0.15) is 20.7 Å². The number of carbonyl (C=O) groups is 3. The van der Waals surface area contributed by atoms with Crippen molar-refractivity contribution in [2.75, 3.05) is 11.9 Å². The minimum Gasteiger partial charge on any atom is -0.425 e. The Morgan fingerprint density at radius 3 is 2.45 bits per heavy atom. The quantitative estimate of drug-likeness (QED) is 0.182. The Bertz CT molecular complexity index is 1060. The first-order chi connectivity index (χ1) is 14.7. The lowest BCUT2D eigenvalue weighted by Gasteiger charge is -2.09. The molecule has 0 aliphatic heterocycles. The maximum absolute atomic E-state index is 12.3. The molecule has 2 aromatic rings. The van der Waals surface area contributed by atoms with E-state index in [1.165, 1.54) is 24.3 Å². The van der Waals surface area contributed by atoms with E-state index < -0.39 is 41.9 Å². The Balaban J connectivity index is 2.06. The van der Waals surface area contributed by atoms with Gasteiger partial charge >= 0.3 is 7.05 Å². The summed E-state index contributed by atoms with van der Waals surface area (Å²) >= 11 is 0. The fraction of sp³-hybridized carbons (Fsp3) is 0.0625. The van der Waals surface area contributed by atoms with Gasteiger partial charge in [0, 0.05) is 28.9 Å². The number of carbonyl (C=O) groups excluding carboxylic acids is 3. The highest BCUT2D eigenvalue weighted by molar-refractivity contribution is 6.64. The van der Waals surface area contributed by atoms with Crippen LogP contribution in [-0.4, -0.2) is 41.3 Å². The van der Waals surface area contributed by atoms with Crippen LogP contribution in [0.3, 0.4) is 0 Å². The number of anilines is 1. The number of hydrogen-bond donors (Lipinski definition) is 4. The van der Waals surface area contributed by atoms with E-state index in [0.29, 0.717) is 0 Å². The van der Waals surface area contributed by atoms with Gasteiger partial charge in [0.25, 0.3) is 17.5 Å². The summed E-state index contributed by atoms with van der Waals surface area (Å²) in [7, 11) is -1.91. The summed E-state index contributed by atoms with van der Waals surface area (Å²) in [6.07, 6.45) is 0. The van der Waals surface area contributed by atoms with Gasteiger partial charge in [0.1, 0.15) is 0 Å². The molecule has 0 saturated heterocycles. The summed E-state index contributed by atoms with van der Waals surface area (Å²) < 4.78 is 0. The van der Waals surface area contributed by atoms with Gasteiger partial charge in [0.05, 0.1) is 16.8 Å². The normalized spacial score (nSPS) is 9.84. The topological polar surface area (TPSA) is 210 Å². The van der Waals surface area contributed by atoms with Crippen LogP contribution in [0, 0.1) is 19.9 Å². The summed E-state index contributed by atoms with van der Waals surface area (Å²) in [5, 5.41) is 29.7. The van der Waals surface area contributed by atoms with Crippen LogP contribution in [0.2, 0.25) is 0 Å². The molecule has 3 amide bonds. The molecule has 15 heteroatoms. The summed E-state index contributed by atoms with van der Waals surface area (Å²) in [6.45, 7) is -0.544. The highest BCUT2D eigenvalue weighted by Gasteiger charge is 2.23. The fourth-order valence-corrected chi connectivity index (χ4v) is 2.39. The largest absolute Gasteiger partial charge is 0.517 e. The van der Waals surface area contributed by atoms with E-state index in [4.69, 9.17) is 0 Å². The molecular formula is C16H13BN6O8. The maximum Gasteiger partial charge on any atom is 0.517 e. The number of hydrogen-bond acceptors (Lipinski definition) is 10. The third kappa shape index (κ3) is 6.23. The zero-order valence-corrected chi connectivity index (χ0v) is 15.5. The number of nitrogens with zero attached hydrogens (tertiary/aromatic N) is 3. The highest BCUT2D eigenvalue weighted by Crippen LogP contribution is 2.13. The Labute approximate surface area is 173 Å². The van der Waals surface area contributed by atoms with E-state index in [0.717, 1.165) is 18.2 Å². The number of rotatable bonds is 9. The standard InChI is InChI=1S/C16H13BN6O8/c24-14(19-12-3-1-2-9(5-12)16(26)20-22-29)8-18-15(25)10-4-11(17(27)21-28)7-13(6-10)23(30)31/h1-7,27H,8H2,(H,18,25)(H,19,24)(H,20,26,29). The molecule has 0 aromatic heterocycles. The number of nitro groups is 1. The summed E-state index contributed by atoms with van der Waals surface area (Å²) in [5.41, 5.74) is 0.834. The van der Waals surface area contributed by atoms with Gasteiger partial charge in [-0.15, -0.1) is 4.91 Å². The van der Waals surface area contributed by atoms with Gasteiger partial charge in [-0.05, 0) is 29.7 Å². The van der Waals surface area contributed by atoms with Crippen LogP contribution in [0.4, 0.5) is 11.4 Å². The molecule has 0 unspecified atom stereocenters. The van der Waals surface area contributed by atoms with Crippen LogP contribution in [0.5, 0.6) is 0 Å². The molecule has 158 valence electrons. The van der Waals surface area contributed by atoms with Crippen LogP contribution in [0.25, 0.3) is 0 Å². The Kier molecular flexibility index (Phi) is 7.57. The van der Waals surface area contributed by atoms with Crippen molar-refractivity contribution in [3.05, 3.63) is 73.5 Å². The number of nitrogens with one attached hydrogen (secondary N) is 3. The zero-order chi connectivity index (χ0) is 23.0. The van der Waals surface area contributed by atoms with Gasteiger partial charge in [-0.25, -0.2) is 5.43 Å². The highest BCUT2D eigenvalue weighted by atomic mass is 16.6. The summed E-state index contributed by atoms with van der Waals surface area (Å²) in [6, 6.07) is 8.34. The molecule has 0 heterocycles. The third-order valence-electron chi connectivity index (χ3n) is 3.78. The van der Waals surface area contributed by atoms with E-state index in [9.17, 15) is 39.3 Å². The molecule has 31 heavy (non-hydrogen) atoms. The molecule has 2 rings (SSSR count). The molecule has 4 N–H and O–H groups in total. The number of non-ortho nitro benzene ring substituents is 1. The second-order valence-corrected chi connectivity index (χ2v) is 5.89. The van der Waals surface area contributed by atoms with Crippen molar-refractivity contribution in [1.29, 1.82) is 0 Å². The molecule has 0 spiro atoms. The van der Waals surface area contributed by atoms with E-state index in [1.807, 2.05) is 0 Å². The summed E-state index contributed by atoms with van der Waals surface area (Å²) in [5.74, 6) is -2.36. The lowest BCUT2D eigenvalue weighted by Crippen LogP contribution is -2.34. The number of benzene rings is 2. The Morgan fingerprint density at radius 2 is 1.81 bits per heavy atom. The van der Waals surface area contributed by atoms with Crippen molar-refractivity contribution >= 4 is 41.6 Å². The lowest BCUT2D eigenvalue weighted by molar-refractivity contribution is -0.384. The van der Waals surface area contributed by atoms with Crippen molar-refractivity contribution in [2.45, 2.75) is 0 Å². The first-order valence-electron chi connectivity index (χ1n) is 8.36. The van der Waals surface area contributed by atoms with Gasteiger partial charge in [-0.3, -0.25) is 24.5 Å². The molecule has 14 nitrogen and oxygen atoms in total. The van der Waals surface area contributed by atoms with Crippen LogP contribution in [0.15, 0.2) is 52.8 Å². The first-order valence-corrected chi connectivity index (χ1v) is 8.36. The Morgan fingerprint density at radius 1 is 1.06 bits per heavy atom. The van der Waals surface area contributed by atoms with Gasteiger partial charge in [-0.1, -0.05) is 11.2 Å². The average Bonchev–Trinajstić information content (AvgIpc) is 2.76. The molecule has 0 aliphatic rings. The van der Waals surface area contributed by atoms with Crippen LogP contribution in [-0.2, 0) is 4.79 Å². The predicted octanol–water partition coefficient (Wildman–Crippen LogP) is -0.172. The van der Waals surface area contributed by atoms with E-state index in [-0.39, 0.29) is 22.3 Å². The van der Waals surface area contributed by atoms with Crippen molar-refractivity contribution in [3.63, 3.8) is 0 Å². The fourth-order valence-electron chi connectivity index (χ4n) is 2.39. The van der Waals surface area contributed by atoms with E-state index in [2.05, 4.69) is 21.0 Å². The number of nitroso groups, excluding NO2 is 2. The molecule has 0 aliphatic carbocycles. The van der Waals surface area contributed by atoms with Crippen molar-refractivity contribution < 1.29 is 24.3 Å². The van der Waals surface area contributed by atoms with Crippen molar-refractivity contribution in [2.24, 2.45) is 10.4 Å². The van der Waals surface area contributed by atoms with Gasteiger partial charge in [-0.2, -0.15) is 4.91 Å². The number of amides is 3. The monoisotopic (exact) mass is 428 g/mol. The van der Waals surface area contributed by atoms with Crippen molar-refractivity contribution in [3.8, 4) is 0 Å². The first kappa shape index (κ1) is 22.8. The minimum absolute atomic E-state index is 0.0490. The SMILES string of the molecule is O=NNC(=O)c1cccc(NC(=O)CNC(=O)c2cc(B(O)N=O)cc([N+](=O)[O-])c2)c1. The maximum atomic E-state index is 12.3. The second-order valence-electron chi connectivity index (χ2n) is 5.89. The molecular weight excluding hydrogens is 415 g/mol. The van der Waals surface area contributed by atoms with Crippen LogP contribution < -0.4 is 21.5 Å². The smallest absolute Gasteiger partial charge is 0.425 e. The van der Waals surface area contributed by atoms with Crippen LogP contribution >= 0.6 is 0 Å². The van der Waals surface area contributed by atoms with E-state index in [1.54, 1.807) is 5.43 Å². The van der Waals surface area contributed by atoms with Gasteiger partial charge in [0.15, 0.2) is 0 Å². The molecule has 0 bridgehead atoms. The molecule has 2 aromatic carbocycles. The molecule has 0 saturated carbocycles. The molecule has 0 fully saturated rings. The van der Waals surface area contributed by atoms with E-state index >= 15 is 0 Å². The van der Waals surface area contributed by atoms with Gasteiger partial charge in [0.2, 0.25) is 5.91 Å². The lowest BCUT2D eigenvalue weighted by atomic mass is 9.75. The van der Waals surface area contributed by atoms with Crippen molar-refractivity contribution in [1.82, 2.24) is 10.7 Å². The summed E-state index contributed by atoms with van der Waals surface area (Å²) in [4.78, 5) is 66.6. The average molecular weight is 428 g/mol.